The average Bonchev–Trinajstić information content (AvgIpc) is 3.64. The normalized spacial score (nSPS) is 28.7. The molecule has 1 fully saturated rings. The van der Waals surface area contributed by atoms with E-state index in [9.17, 15) is 19.5 Å². The molecule has 9 nitrogen and oxygen atoms in total. The number of fused-ring (bicyclic) bond motifs is 4. The molecule has 0 spiro atoms. The van der Waals surface area contributed by atoms with Crippen molar-refractivity contribution in [3.8, 4) is 0 Å². The summed E-state index contributed by atoms with van der Waals surface area (Å²) in [6.07, 6.45) is 15.2. The molecule has 3 aromatic rings. The van der Waals surface area contributed by atoms with Gasteiger partial charge in [-0.15, -0.1) is 0 Å². The summed E-state index contributed by atoms with van der Waals surface area (Å²) in [6.45, 7) is 13.0. The number of nitrogens with zero attached hydrogens (tertiary/aromatic N) is 3. The maximum Gasteiger partial charge on any atom is 0.311 e. The number of ketones is 1. The fourth-order valence-corrected chi connectivity index (χ4v) is 8.75. The van der Waals surface area contributed by atoms with E-state index in [-0.39, 0.29) is 48.2 Å². The summed E-state index contributed by atoms with van der Waals surface area (Å²) in [4.78, 5) is 41.9. The van der Waals surface area contributed by atoms with Crippen LogP contribution in [0, 0.1) is 41.9 Å². The van der Waals surface area contributed by atoms with Gasteiger partial charge in [-0.1, -0.05) is 57.2 Å². The Kier molecular flexibility index (Phi) is 11.3. The molecule has 1 unspecified atom stereocenters. The summed E-state index contributed by atoms with van der Waals surface area (Å²) in [5.41, 5.74) is 4.06. The Morgan fingerprint density at radius 2 is 1.90 bits per heavy atom. The molecular formula is C43H57N3O6. The highest BCUT2D eigenvalue weighted by atomic mass is 16.6. The van der Waals surface area contributed by atoms with Gasteiger partial charge in [0.05, 0.1) is 17.9 Å². The van der Waals surface area contributed by atoms with Gasteiger partial charge in [0.15, 0.2) is 5.78 Å². The standard InChI is InChI=1S/C25H38O5.C18H19N3O/c1-6-25(4,5)24(28)30-21-12-15(2)11-17-8-7-16(3)20(23(17)21)10-9-19-13-18(26)14-22(27)29-19;1-12-19-9-10-21(12)11-13-7-8-16-17(18(13)22)14-5-3-4-6-15(14)20(16)2/h7-8,11,15-16,18-21,23,26H,6,9-10,12-14H2,1-5H3;3-6,9-10,13H,7-8,11H2,1-2H3/t15-,16-,18+,19+,20-,21-,23-;/m0./s1. The largest absolute Gasteiger partial charge is 0.462 e. The Morgan fingerprint density at radius 3 is 2.62 bits per heavy atom. The number of carbonyl (C=O) groups is 3. The number of rotatable bonds is 8. The number of Topliss-reactive ketones (excluding diaryl/α,β-unsaturated/α-hetero) is 1. The Balaban J connectivity index is 0.000000186. The lowest BCUT2D eigenvalue weighted by atomic mass is 9.65. The zero-order valence-corrected chi connectivity index (χ0v) is 32.0. The molecule has 0 saturated carbocycles. The third kappa shape index (κ3) is 7.85. The van der Waals surface area contributed by atoms with Crippen LogP contribution in [0.4, 0.5) is 0 Å². The van der Waals surface area contributed by atoms with E-state index in [0.29, 0.717) is 24.2 Å². The minimum atomic E-state index is -0.601. The van der Waals surface area contributed by atoms with Crippen LogP contribution in [0.1, 0.15) is 101 Å². The van der Waals surface area contributed by atoms with Crippen molar-refractivity contribution in [3.05, 3.63) is 77.5 Å². The first-order valence-electron chi connectivity index (χ1n) is 19.3. The Hall–Kier alpha value is -3.98. The molecule has 4 aliphatic rings. The second-order valence-electron chi connectivity index (χ2n) is 16.4. The van der Waals surface area contributed by atoms with Crippen LogP contribution in [0.5, 0.6) is 0 Å². The highest BCUT2D eigenvalue weighted by Gasteiger charge is 2.43. The predicted molar refractivity (Wildman–Crippen MR) is 201 cm³/mol. The third-order valence-corrected chi connectivity index (χ3v) is 12.3. The molecule has 52 heavy (non-hydrogen) atoms. The fraction of sp³-hybridized carbons (Fsp3) is 0.581. The minimum Gasteiger partial charge on any atom is -0.462 e. The molecule has 1 aromatic carbocycles. The molecule has 1 N–H and O–H groups in total. The van der Waals surface area contributed by atoms with Crippen molar-refractivity contribution in [1.82, 2.24) is 14.1 Å². The van der Waals surface area contributed by atoms with Crippen LogP contribution in [0.3, 0.4) is 0 Å². The van der Waals surface area contributed by atoms with Gasteiger partial charge in [0, 0.05) is 66.4 Å². The maximum absolute atomic E-state index is 13.0. The van der Waals surface area contributed by atoms with E-state index < -0.39 is 11.5 Å². The van der Waals surface area contributed by atoms with Crippen molar-refractivity contribution in [2.75, 3.05) is 0 Å². The second kappa shape index (κ2) is 15.6. The van der Waals surface area contributed by atoms with E-state index in [1.165, 1.54) is 11.3 Å². The van der Waals surface area contributed by atoms with Gasteiger partial charge in [-0.05, 0) is 88.7 Å². The maximum atomic E-state index is 13.0. The number of carbonyl (C=O) groups excluding carboxylic acids is 3. The molecule has 8 atom stereocenters. The lowest BCUT2D eigenvalue weighted by molar-refractivity contribution is -0.166. The molecule has 3 aliphatic carbocycles. The molecule has 7 rings (SSSR count). The van der Waals surface area contributed by atoms with E-state index in [1.54, 1.807) is 6.20 Å². The van der Waals surface area contributed by atoms with E-state index in [1.807, 2.05) is 46.0 Å². The molecule has 3 heterocycles. The van der Waals surface area contributed by atoms with Crippen LogP contribution in [0.2, 0.25) is 0 Å². The molecule has 9 heteroatoms. The van der Waals surface area contributed by atoms with Crippen LogP contribution in [0.25, 0.3) is 10.9 Å². The molecular weight excluding hydrogens is 654 g/mol. The molecule has 1 aliphatic heterocycles. The monoisotopic (exact) mass is 711 g/mol. The van der Waals surface area contributed by atoms with Crippen molar-refractivity contribution in [2.45, 2.75) is 118 Å². The zero-order valence-electron chi connectivity index (χ0n) is 32.0. The van der Waals surface area contributed by atoms with E-state index >= 15 is 0 Å². The Morgan fingerprint density at radius 1 is 1.13 bits per heavy atom. The first-order valence-corrected chi connectivity index (χ1v) is 19.3. The van der Waals surface area contributed by atoms with Gasteiger partial charge in [0.1, 0.15) is 18.0 Å². The van der Waals surface area contributed by atoms with Gasteiger partial charge in [0.25, 0.3) is 0 Å². The molecule has 0 amide bonds. The summed E-state index contributed by atoms with van der Waals surface area (Å²) in [5, 5.41) is 11.0. The van der Waals surface area contributed by atoms with Gasteiger partial charge in [-0.2, -0.15) is 0 Å². The van der Waals surface area contributed by atoms with E-state index in [2.05, 4.69) is 65.4 Å². The van der Waals surface area contributed by atoms with Crippen LogP contribution in [0.15, 0.2) is 60.5 Å². The molecule has 2 aromatic heterocycles. The number of allylic oxidation sites excluding steroid dienone is 3. The highest BCUT2D eigenvalue weighted by molar-refractivity contribution is 6.11. The summed E-state index contributed by atoms with van der Waals surface area (Å²) >= 11 is 0. The number of aliphatic hydroxyl groups is 1. The van der Waals surface area contributed by atoms with Gasteiger partial charge in [-0.25, -0.2) is 4.98 Å². The summed E-state index contributed by atoms with van der Waals surface area (Å²) in [7, 11) is 2.06. The van der Waals surface area contributed by atoms with Gasteiger partial charge in [0.2, 0.25) is 0 Å². The SMILES string of the molecule is CCC(C)(C)C(=O)O[C@H]1C[C@@H](C)C=C2C=C[C@H](C)[C@H](CC[C@@H]3C[C@@H](O)CC(=O)O3)[C@H]21.Cc1nccn1CC1CCc2c(c3ccccc3n2C)C1=O. The number of benzene rings is 1. The van der Waals surface area contributed by atoms with Crippen LogP contribution in [-0.4, -0.2) is 55.3 Å². The lowest BCUT2D eigenvalue weighted by Crippen LogP contribution is -2.43. The van der Waals surface area contributed by atoms with E-state index in [0.717, 1.165) is 67.4 Å². The lowest BCUT2D eigenvalue weighted by Gasteiger charge is -2.44. The van der Waals surface area contributed by atoms with Gasteiger partial charge in [-0.3, -0.25) is 14.4 Å². The minimum absolute atomic E-state index is 0.0474. The fourth-order valence-electron chi connectivity index (χ4n) is 8.75. The smallest absolute Gasteiger partial charge is 0.311 e. The number of hydrogen-bond donors (Lipinski definition) is 1. The van der Waals surface area contributed by atoms with Crippen molar-refractivity contribution in [2.24, 2.45) is 42.1 Å². The zero-order chi connectivity index (χ0) is 37.3. The number of aryl methyl sites for hydroxylation is 2. The van der Waals surface area contributed by atoms with Crippen molar-refractivity contribution >= 4 is 28.6 Å². The molecule has 280 valence electrons. The first kappa shape index (κ1) is 37.8. The van der Waals surface area contributed by atoms with Crippen LogP contribution in [-0.2, 0) is 39.1 Å². The number of cyclic esters (lactones) is 1. The summed E-state index contributed by atoms with van der Waals surface area (Å²) in [5.74, 6) is 2.08. The number of esters is 2. The van der Waals surface area contributed by atoms with Gasteiger partial charge >= 0.3 is 11.9 Å². The van der Waals surface area contributed by atoms with Gasteiger partial charge < -0.3 is 23.7 Å². The Labute approximate surface area is 308 Å². The molecule has 1 saturated heterocycles. The number of hydrogen-bond acceptors (Lipinski definition) is 7. The average molecular weight is 712 g/mol. The number of para-hydroxylation sites is 1. The van der Waals surface area contributed by atoms with Crippen LogP contribution >= 0.6 is 0 Å². The number of aliphatic hydroxyl groups excluding tert-OH is 1. The summed E-state index contributed by atoms with van der Waals surface area (Å²) < 4.78 is 15.9. The predicted octanol–water partition coefficient (Wildman–Crippen LogP) is 7.71. The number of imidazole rings is 1. The Bertz CT molecular complexity index is 1850. The number of aromatic nitrogens is 3. The first-order chi connectivity index (χ1) is 24.8. The topological polar surface area (TPSA) is 113 Å². The summed E-state index contributed by atoms with van der Waals surface area (Å²) in [6, 6.07) is 8.21. The number of ether oxygens (including phenoxy) is 2. The van der Waals surface area contributed by atoms with Crippen LogP contribution < -0.4 is 0 Å². The van der Waals surface area contributed by atoms with Crippen molar-refractivity contribution < 1.29 is 29.0 Å². The second-order valence-corrected chi connectivity index (χ2v) is 16.4. The molecule has 0 radical (unpaired) electrons. The van der Waals surface area contributed by atoms with Crippen molar-refractivity contribution in [1.29, 1.82) is 0 Å². The van der Waals surface area contributed by atoms with E-state index in [4.69, 9.17) is 9.47 Å². The van der Waals surface area contributed by atoms with Crippen molar-refractivity contribution in [3.63, 3.8) is 0 Å². The third-order valence-electron chi connectivity index (χ3n) is 12.3. The quantitative estimate of drug-likeness (QED) is 0.238. The highest BCUT2D eigenvalue weighted by Crippen LogP contribution is 2.46. The molecule has 0 bridgehead atoms.